The van der Waals surface area contributed by atoms with Crippen molar-refractivity contribution >= 4 is 16.3 Å². The van der Waals surface area contributed by atoms with Crippen molar-refractivity contribution in [1.82, 2.24) is 9.38 Å². The van der Waals surface area contributed by atoms with Gasteiger partial charge in [0, 0.05) is 12.4 Å². The molecule has 3 rings (SSSR count). The molecule has 0 N–H and O–H groups in total. The molecule has 32 heavy (non-hydrogen) atoms. The van der Waals surface area contributed by atoms with Gasteiger partial charge in [-0.25, -0.2) is 4.98 Å². The minimum atomic E-state index is 0.821. The number of benzene rings is 1. The van der Waals surface area contributed by atoms with Gasteiger partial charge in [0.05, 0.1) is 17.2 Å². The molecule has 0 aliphatic heterocycles. The van der Waals surface area contributed by atoms with Crippen LogP contribution in [-0.4, -0.2) is 16.0 Å². The normalized spacial score (nSPS) is 11.4. The summed E-state index contributed by atoms with van der Waals surface area (Å²) in [4.78, 5) is 7.21. The van der Waals surface area contributed by atoms with E-state index in [4.69, 9.17) is 9.72 Å². The van der Waals surface area contributed by atoms with E-state index in [9.17, 15) is 0 Å². The molecule has 3 nitrogen and oxygen atoms in total. The predicted octanol–water partition coefficient (Wildman–Crippen LogP) is 9.10. The van der Waals surface area contributed by atoms with Gasteiger partial charge in [0.15, 0.2) is 4.96 Å². The average Bonchev–Trinajstić information content (AvgIpc) is 3.37. The third-order valence-corrected chi connectivity index (χ3v) is 7.19. The lowest BCUT2D eigenvalue weighted by atomic mass is 10.1. The summed E-state index contributed by atoms with van der Waals surface area (Å²) in [6.07, 6.45) is 22.7. The minimum Gasteiger partial charge on any atom is -0.494 e. The maximum Gasteiger partial charge on any atom is 0.194 e. The third kappa shape index (κ3) is 8.27. The van der Waals surface area contributed by atoms with Crippen LogP contribution < -0.4 is 4.74 Å². The zero-order valence-electron chi connectivity index (χ0n) is 20.3. The zero-order chi connectivity index (χ0) is 22.4. The molecule has 0 aliphatic carbocycles. The second-order valence-corrected chi connectivity index (χ2v) is 10.0. The molecule has 1 aromatic carbocycles. The average molecular weight is 455 g/mol. The topological polar surface area (TPSA) is 26.5 Å². The van der Waals surface area contributed by atoms with Crippen molar-refractivity contribution in [3.8, 4) is 16.2 Å². The first-order chi connectivity index (χ1) is 15.8. The Morgan fingerprint density at radius 2 is 1.38 bits per heavy atom. The van der Waals surface area contributed by atoms with E-state index in [1.807, 2.05) is 0 Å². The van der Waals surface area contributed by atoms with E-state index in [1.165, 1.54) is 93.2 Å². The Morgan fingerprint density at radius 3 is 2.03 bits per heavy atom. The molecule has 0 spiro atoms. The third-order valence-electron chi connectivity index (χ3n) is 6.15. The van der Waals surface area contributed by atoms with E-state index in [1.54, 1.807) is 11.3 Å². The van der Waals surface area contributed by atoms with Gasteiger partial charge in [0.2, 0.25) is 0 Å². The van der Waals surface area contributed by atoms with Crippen LogP contribution in [0.4, 0.5) is 0 Å². The molecule has 0 atom stereocenters. The highest BCUT2D eigenvalue weighted by Gasteiger charge is 2.08. The summed E-state index contributed by atoms with van der Waals surface area (Å²) in [5, 5.41) is 0. The van der Waals surface area contributed by atoms with Crippen LogP contribution in [-0.2, 0) is 6.42 Å². The Morgan fingerprint density at radius 1 is 0.750 bits per heavy atom. The van der Waals surface area contributed by atoms with Crippen molar-refractivity contribution < 1.29 is 4.74 Å². The van der Waals surface area contributed by atoms with Gasteiger partial charge in [-0.3, -0.25) is 4.40 Å². The number of ether oxygens (including phenoxy) is 1. The maximum atomic E-state index is 5.94. The molecule has 0 saturated heterocycles. The molecule has 0 unspecified atom stereocenters. The molecular formula is C28H42N2OS. The molecule has 2 heterocycles. The molecule has 0 bridgehead atoms. The van der Waals surface area contributed by atoms with E-state index < -0.39 is 0 Å². The fourth-order valence-electron chi connectivity index (χ4n) is 4.15. The minimum absolute atomic E-state index is 0.821. The standard InChI is InChI=1S/C28H42N2OS/c1-3-5-7-9-11-13-15-21-31-26-19-17-24(18-20-26)27-23-30-22-25(29-28(30)32-27)16-14-12-10-8-6-4-2/h17-20,22-23H,3-16,21H2,1-2H3. The van der Waals surface area contributed by atoms with E-state index in [-0.39, 0.29) is 0 Å². The molecule has 176 valence electrons. The van der Waals surface area contributed by atoms with Crippen LogP contribution in [0.5, 0.6) is 5.75 Å². The lowest BCUT2D eigenvalue weighted by molar-refractivity contribution is 0.304. The predicted molar refractivity (Wildman–Crippen MR) is 139 cm³/mol. The van der Waals surface area contributed by atoms with Gasteiger partial charge >= 0.3 is 0 Å². The number of unbranched alkanes of at least 4 members (excludes halogenated alkanes) is 11. The smallest absolute Gasteiger partial charge is 0.194 e. The van der Waals surface area contributed by atoms with Crippen molar-refractivity contribution in [2.45, 2.75) is 104 Å². The van der Waals surface area contributed by atoms with Crippen LogP contribution in [0.1, 0.15) is 103 Å². The van der Waals surface area contributed by atoms with Crippen molar-refractivity contribution in [2.75, 3.05) is 6.61 Å². The molecular weight excluding hydrogens is 412 g/mol. The summed E-state index contributed by atoms with van der Waals surface area (Å²) in [5.74, 6) is 0.974. The lowest BCUT2D eigenvalue weighted by Gasteiger charge is -2.07. The van der Waals surface area contributed by atoms with Crippen molar-refractivity contribution in [3.05, 3.63) is 42.4 Å². The number of rotatable bonds is 17. The number of fused-ring (bicyclic) bond motifs is 1. The first-order valence-corrected chi connectivity index (χ1v) is 13.8. The van der Waals surface area contributed by atoms with Gasteiger partial charge in [-0.15, -0.1) is 0 Å². The molecule has 4 heteroatoms. The quantitative estimate of drug-likeness (QED) is 0.190. The van der Waals surface area contributed by atoms with Crippen molar-refractivity contribution in [3.63, 3.8) is 0 Å². The maximum absolute atomic E-state index is 5.94. The van der Waals surface area contributed by atoms with Gasteiger partial charge in [0.1, 0.15) is 5.75 Å². The number of imidazole rings is 1. The Bertz CT molecular complexity index is 849. The molecule has 0 amide bonds. The second kappa shape index (κ2) is 14.4. The van der Waals surface area contributed by atoms with E-state index in [2.05, 4.69) is 54.9 Å². The number of aryl methyl sites for hydroxylation is 1. The van der Waals surface area contributed by atoms with Crippen LogP contribution in [0.25, 0.3) is 15.4 Å². The van der Waals surface area contributed by atoms with E-state index >= 15 is 0 Å². The Labute approximate surface area is 199 Å². The number of nitrogens with zero attached hydrogens (tertiary/aromatic N) is 2. The van der Waals surface area contributed by atoms with Gasteiger partial charge in [-0.05, 0) is 49.1 Å². The van der Waals surface area contributed by atoms with Crippen LogP contribution in [0.2, 0.25) is 0 Å². The van der Waals surface area contributed by atoms with Gasteiger partial charge < -0.3 is 4.74 Å². The second-order valence-electron chi connectivity index (χ2n) is 9.03. The van der Waals surface area contributed by atoms with Crippen molar-refractivity contribution in [1.29, 1.82) is 0 Å². The van der Waals surface area contributed by atoms with Crippen LogP contribution >= 0.6 is 11.3 Å². The van der Waals surface area contributed by atoms with E-state index in [0.29, 0.717) is 0 Å². The van der Waals surface area contributed by atoms with Gasteiger partial charge in [-0.1, -0.05) is 95.8 Å². The molecule has 0 fully saturated rings. The first kappa shape index (κ1) is 24.8. The fourth-order valence-corrected chi connectivity index (χ4v) is 5.14. The summed E-state index contributed by atoms with van der Waals surface area (Å²) in [6, 6.07) is 8.54. The summed E-state index contributed by atoms with van der Waals surface area (Å²) < 4.78 is 8.13. The highest BCUT2D eigenvalue weighted by atomic mass is 32.1. The van der Waals surface area contributed by atoms with Crippen LogP contribution in [0.3, 0.4) is 0 Å². The zero-order valence-corrected chi connectivity index (χ0v) is 21.1. The lowest BCUT2D eigenvalue weighted by Crippen LogP contribution is -1.97. The number of hydrogen-bond donors (Lipinski definition) is 0. The first-order valence-electron chi connectivity index (χ1n) is 13.0. The number of hydrogen-bond acceptors (Lipinski definition) is 3. The summed E-state index contributed by atoms with van der Waals surface area (Å²) in [5.41, 5.74) is 2.47. The molecule has 0 radical (unpaired) electrons. The van der Waals surface area contributed by atoms with Crippen LogP contribution in [0.15, 0.2) is 36.7 Å². The monoisotopic (exact) mass is 454 g/mol. The Balaban J connectivity index is 1.39. The molecule has 3 aromatic rings. The van der Waals surface area contributed by atoms with Crippen molar-refractivity contribution in [2.24, 2.45) is 0 Å². The molecule has 2 aromatic heterocycles. The number of thiazole rings is 1. The Hall–Kier alpha value is -1.81. The SMILES string of the molecule is CCCCCCCCCOc1ccc(-c2cn3cc(CCCCCCCC)nc3s2)cc1. The van der Waals surface area contributed by atoms with E-state index in [0.717, 1.165) is 30.2 Å². The summed E-state index contributed by atoms with van der Waals surface area (Å²) >= 11 is 1.77. The number of aromatic nitrogens is 2. The molecule has 0 saturated carbocycles. The highest BCUT2D eigenvalue weighted by Crippen LogP contribution is 2.30. The Kier molecular flexibility index (Phi) is 11.1. The highest BCUT2D eigenvalue weighted by molar-refractivity contribution is 7.20. The fraction of sp³-hybridized carbons (Fsp3) is 0.607. The van der Waals surface area contributed by atoms with Gasteiger partial charge in [-0.2, -0.15) is 0 Å². The largest absolute Gasteiger partial charge is 0.494 e. The van der Waals surface area contributed by atoms with Crippen LogP contribution in [0, 0.1) is 0 Å². The van der Waals surface area contributed by atoms with Gasteiger partial charge in [0.25, 0.3) is 0 Å². The summed E-state index contributed by atoms with van der Waals surface area (Å²) in [7, 11) is 0. The molecule has 0 aliphatic rings. The summed E-state index contributed by atoms with van der Waals surface area (Å²) in [6.45, 7) is 5.36.